The highest BCUT2D eigenvalue weighted by atomic mass is 32.2. The lowest BCUT2D eigenvalue weighted by Gasteiger charge is -2.15. The molecular weight excluding hydrogens is 340 g/mol. The van der Waals surface area contributed by atoms with E-state index in [1.165, 1.54) is 7.11 Å². The minimum Gasteiger partial charge on any atom is -0.495 e. The van der Waals surface area contributed by atoms with E-state index in [-0.39, 0.29) is 16.7 Å². The zero-order chi connectivity index (χ0) is 18.3. The summed E-state index contributed by atoms with van der Waals surface area (Å²) in [5, 5.41) is 8.60. The van der Waals surface area contributed by atoms with Gasteiger partial charge in [-0.15, -0.1) is 0 Å². The molecule has 0 amide bonds. The van der Waals surface area contributed by atoms with Crippen LogP contribution in [0.15, 0.2) is 53.4 Å². The van der Waals surface area contributed by atoms with Gasteiger partial charge in [-0.3, -0.25) is 0 Å². The smallest absolute Gasteiger partial charge is 0.241 e. The highest BCUT2D eigenvalue weighted by Gasteiger charge is 2.16. The Bertz CT molecular complexity index is 779. The third-order valence-corrected chi connectivity index (χ3v) is 4.62. The predicted molar refractivity (Wildman–Crippen MR) is 97.5 cm³/mol. The largest absolute Gasteiger partial charge is 0.495 e. The molecule has 0 saturated carbocycles. The lowest BCUT2D eigenvalue weighted by molar-refractivity contribution is 0.306. The van der Waals surface area contributed by atoms with Gasteiger partial charge in [-0.05, 0) is 43.2 Å². The number of ether oxygens (including phenoxy) is 2. The zero-order valence-electron chi connectivity index (χ0n) is 14.4. The molecule has 0 spiro atoms. The van der Waals surface area contributed by atoms with Crippen molar-refractivity contribution < 1.29 is 17.9 Å². The molecule has 0 aromatic heterocycles. The van der Waals surface area contributed by atoms with Crippen molar-refractivity contribution in [3.63, 3.8) is 0 Å². The molecular formula is C18H24N2O4S. The van der Waals surface area contributed by atoms with E-state index in [0.29, 0.717) is 19.6 Å². The van der Waals surface area contributed by atoms with Crippen LogP contribution < -0.4 is 19.9 Å². The van der Waals surface area contributed by atoms with Crippen LogP contribution in [0.2, 0.25) is 0 Å². The van der Waals surface area contributed by atoms with Crippen molar-refractivity contribution in [1.82, 2.24) is 5.32 Å². The highest BCUT2D eigenvalue weighted by molar-refractivity contribution is 7.89. The number of rotatable bonds is 9. The number of sulfonamides is 1. The van der Waals surface area contributed by atoms with Gasteiger partial charge in [0.15, 0.2) is 0 Å². The van der Waals surface area contributed by atoms with E-state index in [2.05, 4.69) is 5.32 Å². The van der Waals surface area contributed by atoms with Crippen molar-refractivity contribution in [2.24, 2.45) is 5.14 Å². The van der Waals surface area contributed by atoms with Crippen LogP contribution in [0.25, 0.3) is 0 Å². The fraction of sp³-hybridized carbons (Fsp3) is 0.333. The molecule has 2 aromatic rings. The highest BCUT2D eigenvalue weighted by Crippen LogP contribution is 2.24. The molecule has 25 heavy (non-hydrogen) atoms. The quantitative estimate of drug-likeness (QED) is 0.664. The molecule has 0 bridgehead atoms. The SMILES string of the molecule is COc1ccc(CC(C)NCCOc2ccccc2)cc1S(N)(=O)=O. The van der Waals surface area contributed by atoms with Gasteiger partial charge >= 0.3 is 0 Å². The molecule has 2 aromatic carbocycles. The van der Waals surface area contributed by atoms with Gasteiger partial charge in [-0.1, -0.05) is 24.3 Å². The molecule has 0 aliphatic heterocycles. The van der Waals surface area contributed by atoms with E-state index in [0.717, 1.165) is 11.3 Å². The number of primary sulfonamides is 1. The van der Waals surface area contributed by atoms with Gasteiger partial charge in [0.05, 0.1) is 7.11 Å². The molecule has 1 atom stereocenters. The third-order valence-electron chi connectivity index (χ3n) is 3.68. The van der Waals surface area contributed by atoms with Crippen molar-refractivity contribution >= 4 is 10.0 Å². The van der Waals surface area contributed by atoms with E-state index < -0.39 is 10.0 Å². The van der Waals surface area contributed by atoms with Crippen molar-refractivity contribution in [2.75, 3.05) is 20.3 Å². The maximum absolute atomic E-state index is 11.7. The van der Waals surface area contributed by atoms with Crippen molar-refractivity contribution in [1.29, 1.82) is 0 Å². The Labute approximate surface area is 149 Å². The molecule has 1 unspecified atom stereocenters. The molecule has 2 rings (SSSR count). The van der Waals surface area contributed by atoms with E-state index in [4.69, 9.17) is 14.6 Å². The number of nitrogens with one attached hydrogen (secondary N) is 1. The predicted octanol–water partition coefficient (Wildman–Crippen LogP) is 1.94. The summed E-state index contributed by atoms with van der Waals surface area (Å²) in [6.07, 6.45) is 0.665. The molecule has 0 radical (unpaired) electrons. The Morgan fingerprint density at radius 1 is 1.16 bits per heavy atom. The molecule has 3 N–H and O–H groups in total. The maximum Gasteiger partial charge on any atom is 0.241 e. The second kappa shape index (κ2) is 8.84. The first-order chi connectivity index (χ1) is 11.9. The van der Waals surface area contributed by atoms with Gasteiger partial charge < -0.3 is 14.8 Å². The normalized spacial score (nSPS) is 12.6. The second-order valence-electron chi connectivity index (χ2n) is 5.75. The van der Waals surface area contributed by atoms with Gasteiger partial charge in [-0.2, -0.15) is 0 Å². The molecule has 0 heterocycles. The molecule has 6 nitrogen and oxygen atoms in total. The lowest BCUT2D eigenvalue weighted by atomic mass is 10.1. The fourth-order valence-corrected chi connectivity index (χ4v) is 3.23. The first-order valence-electron chi connectivity index (χ1n) is 8.01. The number of methoxy groups -OCH3 is 1. The number of nitrogens with two attached hydrogens (primary N) is 1. The Morgan fingerprint density at radius 2 is 1.88 bits per heavy atom. The average Bonchev–Trinajstić information content (AvgIpc) is 2.59. The van der Waals surface area contributed by atoms with Crippen molar-refractivity contribution in [3.8, 4) is 11.5 Å². The van der Waals surface area contributed by atoms with Gasteiger partial charge in [0.25, 0.3) is 0 Å². The number of hydrogen-bond acceptors (Lipinski definition) is 5. The van der Waals surface area contributed by atoms with Crippen LogP contribution in [0, 0.1) is 0 Å². The van der Waals surface area contributed by atoms with Crippen LogP contribution in [-0.2, 0) is 16.4 Å². The Balaban J connectivity index is 1.87. The lowest BCUT2D eigenvalue weighted by Crippen LogP contribution is -2.31. The fourth-order valence-electron chi connectivity index (χ4n) is 2.49. The van der Waals surface area contributed by atoms with Gasteiger partial charge in [0, 0.05) is 12.6 Å². The molecule has 136 valence electrons. The molecule has 0 fully saturated rings. The summed E-state index contributed by atoms with van der Waals surface area (Å²) in [6.45, 7) is 3.27. The topological polar surface area (TPSA) is 90.7 Å². The molecule has 7 heteroatoms. The minimum atomic E-state index is -3.82. The minimum absolute atomic E-state index is 0.00658. The van der Waals surface area contributed by atoms with Crippen LogP contribution in [0.5, 0.6) is 11.5 Å². The summed E-state index contributed by atoms with van der Waals surface area (Å²) in [5.41, 5.74) is 0.869. The zero-order valence-corrected chi connectivity index (χ0v) is 15.3. The second-order valence-corrected chi connectivity index (χ2v) is 7.28. The van der Waals surface area contributed by atoms with Crippen LogP contribution in [-0.4, -0.2) is 34.7 Å². The van der Waals surface area contributed by atoms with Crippen LogP contribution in [0.1, 0.15) is 12.5 Å². The summed E-state index contributed by atoms with van der Waals surface area (Å²) >= 11 is 0. The molecule has 0 aliphatic rings. The Morgan fingerprint density at radius 3 is 2.52 bits per heavy atom. The molecule has 0 saturated heterocycles. The summed E-state index contributed by atoms with van der Waals surface area (Å²) in [5.74, 6) is 1.09. The van der Waals surface area contributed by atoms with E-state index in [9.17, 15) is 8.42 Å². The van der Waals surface area contributed by atoms with Gasteiger partial charge in [0.1, 0.15) is 23.0 Å². The number of benzene rings is 2. The number of para-hydroxylation sites is 1. The van der Waals surface area contributed by atoms with Crippen molar-refractivity contribution in [2.45, 2.75) is 24.3 Å². The summed E-state index contributed by atoms with van der Waals surface area (Å²) in [4.78, 5) is 0.00658. The van der Waals surface area contributed by atoms with Gasteiger partial charge in [0.2, 0.25) is 10.0 Å². The van der Waals surface area contributed by atoms with E-state index in [1.807, 2.05) is 43.3 Å². The standard InChI is InChI=1S/C18H24N2O4S/c1-14(20-10-11-24-16-6-4-3-5-7-16)12-15-8-9-17(23-2)18(13-15)25(19,21)22/h3-9,13-14,20H,10-12H2,1-2H3,(H2,19,21,22). The van der Waals surface area contributed by atoms with Gasteiger partial charge in [-0.25, -0.2) is 13.6 Å². The average molecular weight is 364 g/mol. The van der Waals surface area contributed by atoms with Crippen molar-refractivity contribution in [3.05, 3.63) is 54.1 Å². The Kier molecular flexibility index (Phi) is 6.81. The van der Waals surface area contributed by atoms with E-state index in [1.54, 1.807) is 12.1 Å². The Hall–Kier alpha value is -2.09. The summed E-state index contributed by atoms with van der Waals surface area (Å²) in [7, 11) is -2.40. The monoisotopic (exact) mass is 364 g/mol. The first-order valence-corrected chi connectivity index (χ1v) is 9.55. The summed E-state index contributed by atoms with van der Waals surface area (Å²) in [6, 6.07) is 14.8. The van der Waals surface area contributed by atoms with Crippen LogP contribution >= 0.6 is 0 Å². The first kappa shape index (κ1) is 19.2. The summed E-state index contributed by atoms with van der Waals surface area (Å²) < 4.78 is 34.0. The van der Waals surface area contributed by atoms with E-state index >= 15 is 0 Å². The molecule has 0 aliphatic carbocycles. The maximum atomic E-state index is 11.7. The third kappa shape index (κ3) is 6.04. The van der Waals surface area contributed by atoms with Crippen LogP contribution in [0.4, 0.5) is 0 Å². The number of hydrogen-bond donors (Lipinski definition) is 2. The van der Waals surface area contributed by atoms with Crippen LogP contribution in [0.3, 0.4) is 0 Å².